The van der Waals surface area contributed by atoms with Crippen LogP contribution in [-0.2, 0) is 19.3 Å². The van der Waals surface area contributed by atoms with E-state index in [-0.39, 0.29) is 12.4 Å². The summed E-state index contributed by atoms with van der Waals surface area (Å²) < 4.78 is 0. The number of hydrogen-bond donors (Lipinski definition) is 0. The van der Waals surface area contributed by atoms with E-state index in [0.717, 1.165) is 18.5 Å². The highest BCUT2D eigenvalue weighted by molar-refractivity contribution is 5.85. The van der Waals surface area contributed by atoms with E-state index in [1.54, 1.807) is 0 Å². The summed E-state index contributed by atoms with van der Waals surface area (Å²) in [6, 6.07) is 10.7. The van der Waals surface area contributed by atoms with Crippen LogP contribution in [0.15, 0.2) is 36.5 Å². The topological polar surface area (TPSA) is 12.9 Å². The molecule has 1 aromatic heterocycles. The highest BCUT2D eigenvalue weighted by atomic mass is 35.5. The zero-order chi connectivity index (χ0) is 13.7. The predicted molar refractivity (Wildman–Crippen MR) is 89.7 cm³/mol. The summed E-state index contributed by atoms with van der Waals surface area (Å²) in [6.45, 7) is 6.75. The van der Waals surface area contributed by atoms with Gasteiger partial charge < -0.3 is 0 Å². The maximum atomic E-state index is 4.51. The number of benzene rings is 1. The van der Waals surface area contributed by atoms with Crippen molar-refractivity contribution < 1.29 is 0 Å². The van der Waals surface area contributed by atoms with Crippen LogP contribution in [0, 0.1) is 0 Å². The fourth-order valence-corrected chi connectivity index (χ4v) is 2.85. The Balaban J connectivity index is 0.00000200. The molecule has 0 saturated heterocycles. The van der Waals surface area contributed by atoms with Crippen LogP contribution in [0.2, 0.25) is 0 Å². The second kappa shape index (κ2) is 8.06. The third-order valence-electron chi connectivity index (χ3n) is 3.70. The van der Waals surface area contributed by atoms with Gasteiger partial charge in [-0.2, -0.15) is 0 Å². The molecule has 1 heterocycles. The zero-order valence-electron chi connectivity index (χ0n) is 12.6. The van der Waals surface area contributed by atoms with E-state index in [4.69, 9.17) is 0 Å². The molecule has 2 rings (SSSR count). The van der Waals surface area contributed by atoms with Gasteiger partial charge in [-0.3, -0.25) is 4.98 Å². The van der Waals surface area contributed by atoms with Crippen LogP contribution >= 0.6 is 12.4 Å². The molecule has 0 radical (unpaired) electrons. The summed E-state index contributed by atoms with van der Waals surface area (Å²) in [5, 5.41) is 0. The summed E-state index contributed by atoms with van der Waals surface area (Å²) in [4.78, 5) is 4.51. The highest BCUT2D eigenvalue weighted by Crippen LogP contribution is 2.29. The number of aromatic nitrogens is 1. The Labute approximate surface area is 128 Å². The predicted octanol–water partition coefficient (Wildman–Crippen LogP) is 5.25. The van der Waals surface area contributed by atoms with Crippen LogP contribution in [-0.4, -0.2) is 4.98 Å². The lowest BCUT2D eigenvalue weighted by molar-refractivity contribution is 0.887. The number of aryl methyl sites for hydroxylation is 1. The van der Waals surface area contributed by atoms with Gasteiger partial charge in [0, 0.05) is 11.8 Å². The minimum atomic E-state index is 0. The summed E-state index contributed by atoms with van der Waals surface area (Å²) in [7, 11) is 0. The van der Waals surface area contributed by atoms with E-state index in [0.29, 0.717) is 0 Å². The van der Waals surface area contributed by atoms with E-state index < -0.39 is 0 Å². The molecular formula is C18H24ClN. The Hall–Kier alpha value is -1.34. The fourth-order valence-electron chi connectivity index (χ4n) is 2.85. The van der Waals surface area contributed by atoms with Crippen molar-refractivity contribution in [2.75, 3.05) is 0 Å². The van der Waals surface area contributed by atoms with E-state index in [9.17, 15) is 0 Å². The summed E-state index contributed by atoms with van der Waals surface area (Å²) in [6.07, 6.45) is 6.45. The van der Waals surface area contributed by atoms with Crippen LogP contribution in [0.25, 0.3) is 11.3 Å². The first-order valence-electron chi connectivity index (χ1n) is 7.36. The van der Waals surface area contributed by atoms with Crippen molar-refractivity contribution in [2.24, 2.45) is 0 Å². The number of nitrogens with zero attached hydrogens (tertiary/aromatic N) is 1. The van der Waals surface area contributed by atoms with Crippen molar-refractivity contribution in [3.05, 3.63) is 53.2 Å². The average molecular weight is 290 g/mol. The van der Waals surface area contributed by atoms with Crippen molar-refractivity contribution in [1.82, 2.24) is 4.98 Å². The zero-order valence-corrected chi connectivity index (χ0v) is 13.5. The van der Waals surface area contributed by atoms with Gasteiger partial charge in [0.15, 0.2) is 0 Å². The molecular weight excluding hydrogens is 266 g/mol. The first-order valence-corrected chi connectivity index (χ1v) is 7.36. The Morgan fingerprint density at radius 2 is 1.65 bits per heavy atom. The van der Waals surface area contributed by atoms with E-state index in [2.05, 4.69) is 50.0 Å². The first-order chi connectivity index (χ1) is 9.31. The van der Waals surface area contributed by atoms with E-state index in [1.165, 1.54) is 35.1 Å². The second-order valence-corrected chi connectivity index (χ2v) is 4.90. The summed E-state index contributed by atoms with van der Waals surface area (Å²) >= 11 is 0. The second-order valence-electron chi connectivity index (χ2n) is 4.90. The minimum Gasteiger partial charge on any atom is -0.256 e. The summed E-state index contributed by atoms with van der Waals surface area (Å²) in [5.41, 5.74) is 6.93. The molecule has 0 aliphatic rings. The lowest BCUT2D eigenvalue weighted by Crippen LogP contribution is -2.01. The lowest BCUT2D eigenvalue weighted by Gasteiger charge is -2.16. The van der Waals surface area contributed by atoms with Crippen LogP contribution in [0.3, 0.4) is 0 Å². The van der Waals surface area contributed by atoms with Gasteiger partial charge in [-0.05, 0) is 48.1 Å². The van der Waals surface area contributed by atoms with Crippen LogP contribution in [0.1, 0.15) is 43.9 Å². The van der Waals surface area contributed by atoms with Crippen molar-refractivity contribution >= 4 is 12.4 Å². The molecule has 0 fully saturated rings. The number of halogens is 1. The van der Waals surface area contributed by atoms with Gasteiger partial charge in [0.2, 0.25) is 0 Å². The highest BCUT2D eigenvalue weighted by Gasteiger charge is 2.12. The number of rotatable bonds is 5. The monoisotopic (exact) mass is 289 g/mol. The van der Waals surface area contributed by atoms with Gasteiger partial charge >= 0.3 is 0 Å². The minimum absolute atomic E-state index is 0. The van der Waals surface area contributed by atoms with E-state index in [1.807, 2.05) is 12.3 Å². The summed E-state index contributed by atoms with van der Waals surface area (Å²) in [5.74, 6) is 0. The smallest absolute Gasteiger partial charge is 0.0704 e. The normalized spacial score (nSPS) is 10.2. The van der Waals surface area contributed by atoms with E-state index >= 15 is 0 Å². The van der Waals surface area contributed by atoms with Gasteiger partial charge in [-0.25, -0.2) is 0 Å². The molecule has 0 unspecified atom stereocenters. The van der Waals surface area contributed by atoms with Gasteiger partial charge in [-0.15, -0.1) is 12.4 Å². The lowest BCUT2D eigenvalue weighted by atomic mass is 9.89. The Bertz CT molecular complexity index is 535. The first kappa shape index (κ1) is 16.7. The van der Waals surface area contributed by atoms with Gasteiger partial charge in [0.1, 0.15) is 0 Å². The van der Waals surface area contributed by atoms with Crippen molar-refractivity contribution in [3.8, 4) is 11.3 Å². The maximum Gasteiger partial charge on any atom is 0.0704 e. The van der Waals surface area contributed by atoms with Gasteiger partial charge in [0.25, 0.3) is 0 Å². The third kappa shape index (κ3) is 3.40. The molecule has 20 heavy (non-hydrogen) atoms. The standard InChI is InChI=1S/C18H23N.ClH/c1-4-9-14-11-12-17(16(6-3)15(14)5-2)18-10-7-8-13-19-18;/h7-8,10-13H,4-6,9H2,1-3H3;1H. The SMILES string of the molecule is CCCc1ccc(-c2ccccn2)c(CC)c1CC.Cl. The van der Waals surface area contributed by atoms with Gasteiger partial charge in [0.05, 0.1) is 5.69 Å². The Morgan fingerprint density at radius 3 is 2.20 bits per heavy atom. The van der Waals surface area contributed by atoms with Gasteiger partial charge in [-0.1, -0.05) is 45.4 Å². The van der Waals surface area contributed by atoms with Crippen molar-refractivity contribution in [3.63, 3.8) is 0 Å². The molecule has 0 atom stereocenters. The number of pyridine rings is 1. The molecule has 108 valence electrons. The van der Waals surface area contributed by atoms with Crippen molar-refractivity contribution in [2.45, 2.75) is 46.5 Å². The average Bonchev–Trinajstić information content (AvgIpc) is 2.47. The maximum absolute atomic E-state index is 4.51. The molecule has 0 bridgehead atoms. The molecule has 0 aliphatic heterocycles. The molecule has 0 aliphatic carbocycles. The van der Waals surface area contributed by atoms with Crippen LogP contribution < -0.4 is 0 Å². The fraction of sp³-hybridized carbons (Fsp3) is 0.389. The molecule has 0 N–H and O–H groups in total. The molecule has 2 heteroatoms. The molecule has 0 spiro atoms. The Kier molecular flexibility index (Phi) is 6.74. The molecule has 2 aromatic rings. The Morgan fingerprint density at radius 1 is 0.900 bits per heavy atom. The molecule has 0 amide bonds. The van der Waals surface area contributed by atoms with Crippen molar-refractivity contribution in [1.29, 1.82) is 0 Å². The molecule has 0 saturated carbocycles. The third-order valence-corrected chi connectivity index (χ3v) is 3.70. The molecule has 1 aromatic carbocycles. The van der Waals surface area contributed by atoms with Crippen LogP contribution in [0.4, 0.5) is 0 Å². The quantitative estimate of drug-likeness (QED) is 0.733. The number of hydrogen-bond acceptors (Lipinski definition) is 1. The molecule has 1 nitrogen and oxygen atoms in total. The van der Waals surface area contributed by atoms with Crippen LogP contribution in [0.5, 0.6) is 0 Å². The largest absolute Gasteiger partial charge is 0.256 e.